The van der Waals surface area contributed by atoms with Crippen molar-refractivity contribution in [1.29, 1.82) is 0 Å². The molecular formula is C26H12N4O4. The number of hydrogen-bond donors (Lipinski definition) is 0. The number of benzene rings is 4. The van der Waals surface area contributed by atoms with Crippen molar-refractivity contribution >= 4 is 57.8 Å². The summed E-state index contributed by atoms with van der Waals surface area (Å²) in [5, 5.41) is 0.742. The molecule has 8 nitrogen and oxygen atoms in total. The summed E-state index contributed by atoms with van der Waals surface area (Å²) in [4.78, 5) is 60.1. The topological polar surface area (TPSA) is 118 Å². The van der Waals surface area contributed by atoms with E-state index in [1.807, 2.05) is 6.07 Å². The highest BCUT2D eigenvalue weighted by atomic mass is 16.1. The summed E-state index contributed by atoms with van der Waals surface area (Å²) in [5.74, 6) is 0. The second-order valence-corrected chi connectivity index (χ2v) is 6.87. The largest absolute Gasteiger partial charge is 0.240 e. The summed E-state index contributed by atoms with van der Waals surface area (Å²) in [6.07, 6.45) is 6.16. The highest BCUT2D eigenvalue weighted by molar-refractivity contribution is 6.18. The third kappa shape index (κ3) is 3.95. The van der Waals surface area contributed by atoms with Gasteiger partial charge in [0.1, 0.15) is 0 Å². The molecule has 4 rings (SSSR count). The van der Waals surface area contributed by atoms with Crippen molar-refractivity contribution in [2.45, 2.75) is 0 Å². The maximum Gasteiger partial charge on any atom is 0.240 e. The summed E-state index contributed by atoms with van der Waals surface area (Å²) in [6, 6.07) is 20.5. The molecule has 0 saturated carbocycles. The summed E-state index contributed by atoms with van der Waals surface area (Å²) in [7, 11) is 0. The minimum absolute atomic E-state index is 0.195. The molecule has 0 bridgehead atoms. The average Bonchev–Trinajstić information content (AvgIpc) is 2.87. The third-order valence-electron chi connectivity index (χ3n) is 5.13. The van der Waals surface area contributed by atoms with E-state index < -0.39 is 0 Å². The van der Waals surface area contributed by atoms with Gasteiger partial charge in [0.2, 0.25) is 24.3 Å². The fourth-order valence-electron chi connectivity index (χ4n) is 3.87. The van der Waals surface area contributed by atoms with Crippen molar-refractivity contribution in [1.82, 2.24) is 0 Å². The Morgan fingerprint density at radius 2 is 1.09 bits per heavy atom. The zero-order valence-electron chi connectivity index (χ0n) is 17.4. The van der Waals surface area contributed by atoms with Crippen LogP contribution in [0.1, 0.15) is 0 Å². The maximum absolute atomic E-state index is 11.5. The standard InChI is InChI=1S/C26H12N4O4/c31-13-27-19-11-9-18(10-12-19)22-23(17-5-2-1-3-6-17)26(30-16-34)24-20(25(22)29-15-33)7-4-8-21(24)28-14-32/h1-12H. The van der Waals surface area contributed by atoms with Crippen LogP contribution in [-0.4, -0.2) is 24.3 Å². The summed E-state index contributed by atoms with van der Waals surface area (Å²) >= 11 is 0. The normalized spacial score (nSPS) is 9.76. The van der Waals surface area contributed by atoms with Crippen LogP contribution in [0.4, 0.5) is 22.7 Å². The number of isocyanates is 4. The van der Waals surface area contributed by atoms with Gasteiger partial charge in [0.15, 0.2) is 0 Å². The van der Waals surface area contributed by atoms with Gasteiger partial charge in [0.05, 0.1) is 22.7 Å². The van der Waals surface area contributed by atoms with Crippen molar-refractivity contribution in [3.8, 4) is 22.3 Å². The van der Waals surface area contributed by atoms with E-state index in [2.05, 4.69) is 20.0 Å². The Bertz CT molecular complexity index is 1600. The molecule has 0 saturated heterocycles. The molecule has 0 atom stereocenters. The molecule has 0 radical (unpaired) electrons. The Morgan fingerprint density at radius 1 is 0.500 bits per heavy atom. The summed E-state index contributed by atoms with van der Waals surface area (Å²) in [6.45, 7) is 0. The molecule has 8 heteroatoms. The monoisotopic (exact) mass is 444 g/mol. The number of carbonyl (C=O) groups excluding carboxylic acids is 4. The predicted molar refractivity (Wildman–Crippen MR) is 126 cm³/mol. The van der Waals surface area contributed by atoms with Crippen LogP contribution >= 0.6 is 0 Å². The van der Waals surface area contributed by atoms with Crippen LogP contribution in [0.3, 0.4) is 0 Å². The molecule has 34 heavy (non-hydrogen) atoms. The Hall–Kier alpha value is -5.34. The van der Waals surface area contributed by atoms with Gasteiger partial charge in [0.25, 0.3) is 0 Å². The van der Waals surface area contributed by atoms with E-state index in [1.54, 1.807) is 78.9 Å². The average molecular weight is 444 g/mol. The number of hydrogen-bond acceptors (Lipinski definition) is 8. The molecule has 4 aromatic rings. The van der Waals surface area contributed by atoms with Crippen LogP contribution in [0.5, 0.6) is 0 Å². The predicted octanol–water partition coefficient (Wildman–Crippen LogP) is 6.04. The molecule has 0 aliphatic heterocycles. The van der Waals surface area contributed by atoms with E-state index in [0.717, 1.165) is 0 Å². The minimum Gasteiger partial charge on any atom is -0.211 e. The minimum atomic E-state index is 0.195. The molecule has 0 amide bonds. The lowest BCUT2D eigenvalue weighted by Gasteiger charge is -2.19. The molecule has 0 unspecified atom stereocenters. The zero-order chi connectivity index (χ0) is 23.9. The highest BCUT2D eigenvalue weighted by Crippen LogP contribution is 2.52. The van der Waals surface area contributed by atoms with Crippen LogP contribution < -0.4 is 0 Å². The molecule has 4 aromatic carbocycles. The second kappa shape index (κ2) is 9.86. The molecule has 0 heterocycles. The first kappa shape index (κ1) is 21.9. The van der Waals surface area contributed by atoms with Crippen LogP contribution in [0, 0.1) is 0 Å². The van der Waals surface area contributed by atoms with E-state index in [1.165, 1.54) is 12.2 Å². The van der Waals surface area contributed by atoms with Crippen LogP contribution in [0.15, 0.2) is 92.8 Å². The fraction of sp³-hybridized carbons (Fsp3) is 0. The van der Waals surface area contributed by atoms with Gasteiger partial charge in [-0.25, -0.2) is 19.2 Å². The van der Waals surface area contributed by atoms with Crippen molar-refractivity contribution in [2.24, 2.45) is 20.0 Å². The van der Waals surface area contributed by atoms with Gasteiger partial charge in [0, 0.05) is 21.9 Å². The molecule has 0 aliphatic rings. The summed E-state index contributed by atoms with van der Waals surface area (Å²) in [5.41, 5.74) is 3.22. The van der Waals surface area contributed by atoms with Gasteiger partial charge >= 0.3 is 0 Å². The van der Waals surface area contributed by atoms with Crippen LogP contribution in [0.2, 0.25) is 0 Å². The van der Waals surface area contributed by atoms with E-state index in [9.17, 15) is 19.2 Å². The fourth-order valence-corrected chi connectivity index (χ4v) is 3.87. The van der Waals surface area contributed by atoms with Gasteiger partial charge < -0.3 is 0 Å². The molecule has 160 valence electrons. The lowest BCUT2D eigenvalue weighted by molar-refractivity contribution is 0.564. The van der Waals surface area contributed by atoms with E-state index in [4.69, 9.17) is 0 Å². The highest BCUT2D eigenvalue weighted by Gasteiger charge is 2.24. The van der Waals surface area contributed by atoms with E-state index in [0.29, 0.717) is 38.7 Å². The first-order chi connectivity index (χ1) is 16.7. The van der Waals surface area contributed by atoms with Crippen molar-refractivity contribution < 1.29 is 19.2 Å². The first-order valence-corrected chi connectivity index (χ1v) is 9.83. The Morgan fingerprint density at radius 3 is 1.74 bits per heavy atom. The van der Waals surface area contributed by atoms with Crippen molar-refractivity contribution in [3.63, 3.8) is 0 Å². The van der Waals surface area contributed by atoms with Gasteiger partial charge in [-0.1, -0.05) is 54.6 Å². The van der Waals surface area contributed by atoms with Crippen molar-refractivity contribution in [2.75, 3.05) is 0 Å². The molecule has 0 aliphatic carbocycles. The zero-order valence-corrected chi connectivity index (χ0v) is 17.4. The van der Waals surface area contributed by atoms with E-state index in [-0.39, 0.29) is 17.1 Å². The van der Waals surface area contributed by atoms with Gasteiger partial charge in [-0.2, -0.15) is 20.0 Å². The lowest BCUT2D eigenvalue weighted by Crippen LogP contribution is -1.91. The molecule has 0 fully saturated rings. The molecule has 0 N–H and O–H groups in total. The Labute approximate surface area is 192 Å². The first-order valence-electron chi connectivity index (χ1n) is 9.83. The number of rotatable bonds is 6. The van der Waals surface area contributed by atoms with Gasteiger partial charge in [-0.15, -0.1) is 0 Å². The molecule has 0 aromatic heterocycles. The molecular weight excluding hydrogens is 432 g/mol. The van der Waals surface area contributed by atoms with Gasteiger partial charge in [-0.05, 0) is 29.3 Å². The Kier molecular flexibility index (Phi) is 6.34. The smallest absolute Gasteiger partial charge is 0.211 e. The third-order valence-corrected chi connectivity index (χ3v) is 5.13. The van der Waals surface area contributed by atoms with Crippen LogP contribution in [0.25, 0.3) is 33.0 Å². The maximum atomic E-state index is 11.5. The van der Waals surface area contributed by atoms with Gasteiger partial charge in [-0.3, -0.25) is 0 Å². The number of fused-ring (bicyclic) bond motifs is 1. The Balaban J connectivity index is 2.31. The second-order valence-electron chi connectivity index (χ2n) is 6.87. The molecule has 0 spiro atoms. The van der Waals surface area contributed by atoms with Crippen molar-refractivity contribution in [3.05, 3.63) is 72.8 Å². The number of aliphatic imine (C=N–C) groups is 4. The summed E-state index contributed by atoms with van der Waals surface area (Å²) < 4.78 is 0. The van der Waals surface area contributed by atoms with E-state index >= 15 is 0 Å². The number of nitrogens with zero attached hydrogens (tertiary/aromatic N) is 4. The SMILES string of the molecule is O=C=Nc1ccc(-c2c(-c3ccccc3)c(N=C=O)c3c(N=C=O)cccc3c2N=C=O)cc1. The van der Waals surface area contributed by atoms with Crippen LogP contribution in [-0.2, 0) is 19.2 Å². The lowest BCUT2D eigenvalue weighted by atomic mass is 9.87. The quantitative estimate of drug-likeness (QED) is 0.266.